The molecule has 0 radical (unpaired) electrons. The number of rotatable bonds is 6. The average Bonchev–Trinajstić information content (AvgIpc) is 2.78. The minimum atomic E-state index is -0.852. The number of hydrogen-bond donors (Lipinski definition) is 3. The molecule has 0 unspecified atom stereocenters. The van der Waals surface area contributed by atoms with Gasteiger partial charge in [0.05, 0.1) is 6.54 Å². The van der Waals surface area contributed by atoms with E-state index < -0.39 is 5.97 Å². The second-order valence-corrected chi connectivity index (χ2v) is 3.61. The number of nitrogens with zero attached hydrogens (tertiary/aromatic N) is 2. The molecule has 0 aliphatic rings. The molecule has 0 spiro atoms. The molecule has 0 saturated carbocycles. The van der Waals surface area contributed by atoms with Crippen molar-refractivity contribution < 1.29 is 14.7 Å². The normalized spacial score (nSPS) is 9.94. The van der Waals surface area contributed by atoms with Crippen LogP contribution in [0.2, 0.25) is 0 Å². The van der Waals surface area contributed by atoms with Crippen LogP contribution >= 0.6 is 0 Å². The van der Waals surface area contributed by atoms with Gasteiger partial charge in [0.1, 0.15) is 5.82 Å². The quantitative estimate of drug-likeness (QED) is 0.671. The number of carboxylic acids is 1. The van der Waals surface area contributed by atoms with Gasteiger partial charge >= 0.3 is 12.0 Å². The van der Waals surface area contributed by atoms with Crippen LogP contribution in [0.15, 0.2) is 12.4 Å². The molecular formula is C10H16N4O3. The second-order valence-electron chi connectivity index (χ2n) is 3.61. The van der Waals surface area contributed by atoms with Crippen LogP contribution in [0.1, 0.15) is 18.7 Å². The van der Waals surface area contributed by atoms with Gasteiger partial charge in [-0.1, -0.05) is 0 Å². The van der Waals surface area contributed by atoms with Crippen LogP contribution < -0.4 is 5.32 Å². The van der Waals surface area contributed by atoms with E-state index in [1.165, 1.54) is 4.90 Å². The molecule has 3 N–H and O–H groups in total. The Kier molecular flexibility index (Phi) is 4.99. The highest BCUT2D eigenvalue weighted by Gasteiger charge is 2.08. The highest BCUT2D eigenvalue weighted by molar-refractivity contribution is 5.73. The Bertz CT molecular complexity index is 364. The molecule has 0 aliphatic carbocycles. The van der Waals surface area contributed by atoms with Gasteiger partial charge in [-0.25, -0.2) is 9.78 Å². The zero-order chi connectivity index (χ0) is 12.7. The Balaban J connectivity index is 2.20. The number of carbonyl (C=O) groups excluding carboxylic acids is 1. The van der Waals surface area contributed by atoms with Crippen LogP contribution in [0.4, 0.5) is 4.79 Å². The topological polar surface area (TPSA) is 98.3 Å². The summed E-state index contributed by atoms with van der Waals surface area (Å²) < 4.78 is 0. The van der Waals surface area contributed by atoms with E-state index in [0.717, 1.165) is 0 Å². The molecule has 1 aromatic rings. The summed E-state index contributed by atoms with van der Waals surface area (Å²) in [6.45, 7) is 0.741. The SMILES string of the molecule is CN(CCCC(=O)O)C(=O)NCc1ncc[nH]1. The van der Waals surface area contributed by atoms with E-state index in [4.69, 9.17) is 5.11 Å². The van der Waals surface area contributed by atoms with Crippen LogP contribution in [0.25, 0.3) is 0 Å². The maximum Gasteiger partial charge on any atom is 0.317 e. The fraction of sp³-hybridized carbons (Fsp3) is 0.500. The van der Waals surface area contributed by atoms with Gasteiger partial charge < -0.3 is 20.3 Å². The summed E-state index contributed by atoms with van der Waals surface area (Å²) in [6, 6.07) is -0.244. The number of nitrogens with one attached hydrogen (secondary N) is 2. The van der Waals surface area contributed by atoms with Crippen LogP contribution in [-0.2, 0) is 11.3 Å². The number of H-pyrrole nitrogens is 1. The number of carbonyl (C=O) groups is 2. The van der Waals surface area contributed by atoms with Crippen LogP contribution in [-0.4, -0.2) is 45.6 Å². The molecule has 94 valence electrons. The number of aliphatic carboxylic acids is 1. The van der Waals surface area contributed by atoms with E-state index in [1.807, 2.05) is 0 Å². The monoisotopic (exact) mass is 240 g/mol. The fourth-order valence-electron chi connectivity index (χ4n) is 1.26. The Hall–Kier alpha value is -2.05. The number of urea groups is 1. The van der Waals surface area contributed by atoms with Gasteiger partial charge in [-0.3, -0.25) is 4.79 Å². The van der Waals surface area contributed by atoms with E-state index in [0.29, 0.717) is 25.3 Å². The van der Waals surface area contributed by atoms with Crippen molar-refractivity contribution in [2.45, 2.75) is 19.4 Å². The van der Waals surface area contributed by atoms with Gasteiger partial charge in [-0.2, -0.15) is 0 Å². The van der Waals surface area contributed by atoms with E-state index in [9.17, 15) is 9.59 Å². The lowest BCUT2D eigenvalue weighted by Crippen LogP contribution is -2.37. The summed E-state index contributed by atoms with van der Waals surface area (Å²) in [4.78, 5) is 30.1. The number of amides is 2. The summed E-state index contributed by atoms with van der Waals surface area (Å²) in [7, 11) is 1.62. The number of hydrogen-bond acceptors (Lipinski definition) is 3. The molecule has 7 heteroatoms. The molecule has 0 saturated heterocycles. The predicted octanol–water partition coefficient (Wildman–Crippen LogP) is 0.416. The molecule has 7 nitrogen and oxygen atoms in total. The van der Waals surface area contributed by atoms with Crippen LogP contribution in [0.5, 0.6) is 0 Å². The first-order valence-electron chi connectivity index (χ1n) is 5.28. The third kappa shape index (κ3) is 5.01. The molecule has 2 amide bonds. The maximum atomic E-state index is 11.5. The molecule has 0 aliphatic heterocycles. The number of aromatic nitrogens is 2. The van der Waals surface area contributed by atoms with Crippen molar-refractivity contribution in [2.24, 2.45) is 0 Å². The number of imidazole rings is 1. The van der Waals surface area contributed by atoms with Gasteiger partial charge in [0.15, 0.2) is 0 Å². The summed E-state index contributed by atoms with van der Waals surface area (Å²) in [5.74, 6) is -0.174. The minimum Gasteiger partial charge on any atom is -0.481 e. The molecule has 1 rings (SSSR count). The fourth-order valence-corrected chi connectivity index (χ4v) is 1.26. The highest BCUT2D eigenvalue weighted by Crippen LogP contribution is 1.94. The Morgan fingerprint density at radius 1 is 1.59 bits per heavy atom. The predicted molar refractivity (Wildman–Crippen MR) is 60.3 cm³/mol. The first-order chi connectivity index (χ1) is 8.09. The van der Waals surface area contributed by atoms with Crippen LogP contribution in [0, 0.1) is 0 Å². The standard InChI is InChI=1S/C10H16N4O3/c1-14(6-2-3-9(15)16)10(17)13-7-8-11-4-5-12-8/h4-5H,2-3,6-7H2,1H3,(H,11,12)(H,13,17)(H,15,16). The molecule has 0 bridgehead atoms. The minimum absolute atomic E-state index is 0.0653. The zero-order valence-electron chi connectivity index (χ0n) is 9.64. The van der Waals surface area contributed by atoms with Gasteiger partial charge in [0.2, 0.25) is 0 Å². The Morgan fingerprint density at radius 2 is 2.35 bits per heavy atom. The van der Waals surface area contributed by atoms with Crippen molar-refractivity contribution in [3.05, 3.63) is 18.2 Å². The van der Waals surface area contributed by atoms with E-state index >= 15 is 0 Å². The van der Waals surface area contributed by atoms with Crippen LogP contribution in [0.3, 0.4) is 0 Å². The van der Waals surface area contributed by atoms with Gasteiger partial charge in [-0.15, -0.1) is 0 Å². The molecule has 1 heterocycles. The van der Waals surface area contributed by atoms with Crippen molar-refractivity contribution in [1.82, 2.24) is 20.2 Å². The maximum absolute atomic E-state index is 11.5. The van der Waals surface area contributed by atoms with Crippen molar-refractivity contribution in [1.29, 1.82) is 0 Å². The lowest BCUT2D eigenvalue weighted by Gasteiger charge is -2.16. The Labute approximate surface area is 98.8 Å². The molecule has 0 atom stereocenters. The zero-order valence-corrected chi connectivity index (χ0v) is 9.64. The van der Waals surface area contributed by atoms with Crippen molar-refractivity contribution in [3.63, 3.8) is 0 Å². The lowest BCUT2D eigenvalue weighted by molar-refractivity contribution is -0.137. The Morgan fingerprint density at radius 3 is 2.94 bits per heavy atom. The second kappa shape index (κ2) is 6.51. The van der Waals surface area contributed by atoms with Gasteiger partial charge in [0.25, 0.3) is 0 Å². The average molecular weight is 240 g/mol. The molecule has 17 heavy (non-hydrogen) atoms. The van der Waals surface area contributed by atoms with Crippen molar-refractivity contribution >= 4 is 12.0 Å². The number of aromatic amines is 1. The van der Waals surface area contributed by atoms with Crippen molar-refractivity contribution in [2.75, 3.05) is 13.6 Å². The first-order valence-corrected chi connectivity index (χ1v) is 5.28. The van der Waals surface area contributed by atoms with Gasteiger partial charge in [-0.05, 0) is 6.42 Å². The molecule has 0 fully saturated rings. The summed E-state index contributed by atoms with van der Waals surface area (Å²) in [6.07, 6.45) is 3.80. The number of carboxylic acid groups (broad SMARTS) is 1. The largest absolute Gasteiger partial charge is 0.481 e. The molecular weight excluding hydrogens is 224 g/mol. The summed E-state index contributed by atoms with van der Waals surface area (Å²) in [5.41, 5.74) is 0. The van der Waals surface area contributed by atoms with Crippen molar-refractivity contribution in [3.8, 4) is 0 Å². The third-order valence-corrected chi connectivity index (χ3v) is 2.19. The van der Waals surface area contributed by atoms with Gasteiger partial charge in [0, 0.05) is 32.4 Å². The smallest absolute Gasteiger partial charge is 0.317 e. The van der Waals surface area contributed by atoms with E-state index in [2.05, 4.69) is 15.3 Å². The summed E-state index contributed by atoms with van der Waals surface area (Å²) >= 11 is 0. The third-order valence-electron chi connectivity index (χ3n) is 2.19. The summed E-state index contributed by atoms with van der Waals surface area (Å²) in [5, 5.41) is 11.1. The first kappa shape index (κ1) is 13.0. The van der Waals surface area contributed by atoms with E-state index in [1.54, 1.807) is 19.4 Å². The highest BCUT2D eigenvalue weighted by atomic mass is 16.4. The molecule has 0 aromatic carbocycles. The van der Waals surface area contributed by atoms with E-state index in [-0.39, 0.29) is 12.5 Å². The molecule has 1 aromatic heterocycles. The lowest BCUT2D eigenvalue weighted by atomic mass is 10.3.